The van der Waals surface area contributed by atoms with Crippen LogP contribution >= 0.6 is 0 Å². The molecule has 0 N–H and O–H groups in total. The molecule has 0 unspecified atom stereocenters. The maximum absolute atomic E-state index is 13.1. The molecule has 0 spiro atoms. The first-order valence-corrected chi connectivity index (χ1v) is 10.2. The molecule has 1 fully saturated rings. The predicted octanol–water partition coefficient (Wildman–Crippen LogP) is 4.53. The number of methoxy groups -OCH3 is 1. The molecule has 0 saturated heterocycles. The molecular weight excluding hydrogens is 368 g/mol. The van der Waals surface area contributed by atoms with Crippen molar-refractivity contribution >= 4 is 11.8 Å². The molecule has 0 amide bonds. The van der Waals surface area contributed by atoms with E-state index in [4.69, 9.17) is 13.9 Å². The van der Waals surface area contributed by atoms with Crippen molar-refractivity contribution in [2.24, 2.45) is 5.92 Å². The number of benzene rings is 1. The fourth-order valence-corrected chi connectivity index (χ4v) is 4.71. The molecule has 154 valence electrons. The summed E-state index contributed by atoms with van der Waals surface area (Å²) in [4.78, 5) is 25.8. The largest absolute Gasteiger partial charge is 0.469 e. The van der Waals surface area contributed by atoms with Gasteiger partial charge in [-0.2, -0.15) is 0 Å². The number of rotatable bonds is 4. The van der Waals surface area contributed by atoms with Gasteiger partial charge >= 0.3 is 5.97 Å². The summed E-state index contributed by atoms with van der Waals surface area (Å²) < 4.78 is 16.8. The number of esters is 1. The molecule has 29 heavy (non-hydrogen) atoms. The lowest BCUT2D eigenvalue weighted by Gasteiger charge is -2.40. The van der Waals surface area contributed by atoms with Crippen molar-refractivity contribution in [1.82, 2.24) is 0 Å². The van der Waals surface area contributed by atoms with Crippen LogP contribution in [0, 0.1) is 5.92 Å². The highest BCUT2D eigenvalue weighted by Gasteiger charge is 2.49. The molecule has 0 radical (unpaired) electrons. The Morgan fingerprint density at radius 1 is 1.14 bits per heavy atom. The van der Waals surface area contributed by atoms with Gasteiger partial charge in [-0.05, 0) is 35.1 Å². The third kappa shape index (κ3) is 3.64. The summed E-state index contributed by atoms with van der Waals surface area (Å²) in [7, 11) is 1.69. The van der Waals surface area contributed by atoms with Crippen LogP contribution in [0.25, 0.3) is 0 Å². The monoisotopic (exact) mass is 396 g/mol. The number of hydrogen-bond acceptors (Lipinski definition) is 5. The smallest absolute Gasteiger partial charge is 0.315 e. The maximum Gasteiger partial charge on any atom is 0.315 e. The molecule has 2 aliphatic rings. The number of carbonyl (C=O) groups is 2. The number of furan rings is 1. The molecule has 5 nitrogen and oxygen atoms in total. The molecule has 3 atom stereocenters. The van der Waals surface area contributed by atoms with Crippen molar-refractivity contribution in [3.05, 3.63) is 53.0 Å². The van der Waals surface area contributed by atoms with E-state index in [1.165, 1.54) is 0 Å². The molecule has 1 aromatic carbocycles. The summed E-state index contributed by atoms with van der Waals surface area (Å²) in [5.74, 6) is 0.345. The number of hydrogen-bond donors (Lipinski definition) is 0. The summed E-state index contributed by atoms with van der Waals surface area (Å²) in [6, 6.07) is 7.86. The van der Waals surface area contributed by atoms with E-state index in [1.54, 1.807) is 19.4 Å². The Bertz CT molecular complexity index is 919. The average Bonchev–Trinajstić information content (AvgIpc) is 3.19. The normalized spacial score (nSPS) is 24.1. The van der Waals surface area contributed by atoms with Gasteiger partial charge in [0.1, 0.15) is 17.3 Å². The first-order valence-electron chi connectivity index (χ1n) is 10.2. The zero-order valence-corrected chi connectivity index (χ0v) is 17.5. The second kappa shape index (κ2) is 7.45. The van der Waals surface area contributed by atoms with E-state index in [2.05, 4.69) is 32.9 Å². The summed E-state index contributed by atoms with van der Waals surface area (Å²) in [6.07, 6.45) is 3.04. The number of carbonyl (C=O) groups excluding carboxylic acids is 2. The number of fused-ring (bicyclic) bond motifs is 3. The Morgan fingerprint density at radius 3 is 2.55 bits per heavy atom. The molecule has 5 heteroatoms. The molecule has 1 saturated carbocycles. The van der Waals surface area contributed by atoms with Crippen LogP contribution in [0.4, 0.5) is 0 Å². The van der Waals surface area contributed by atoms with Gasteiger partial charge in [0.2, 0.25) is 0 Å². The quantitative estimate of drug-likeness (QED) is 0.561. The fraction of sp³-hybridized carbons (Fsp3) is 0.500. The number of ketones is 1. The highest BCUT2D eigenvalue weighted by Crippen LogP contribution is 2.52. The molecule has 2 aromatic rings. The highest BCUT2D eigenvalue weighted by atomic mass is 16.5. The molecule has 0 bridgehead atoms. The van der Waals surface area contributed by atoms with Gasteiger partial charge in [0.15, 0.2) is 0 Å². The molecule has 1 aromatic heterocycles. The minimum absolute atomic E-state index is 0.160. The SMILES string of the molecule is COCCc1cc2c(c(C(C)(C)C)c1)OC(=O)[C@H]1[C@@H](c3ccco3)CC(=O)C[C@@H]21. The summed E-state index contributed by atoms with van der Waals surface area (Å²) in [5, 5.41) is 0. The first kappa shape index (κ1) is 19.9. The Hall–Kier alpha value is -2.40. The lowest BCUT2D eigenvalue weighted by atomic mass is 9.66. The zero-order chi connectivity index (χ0) is 20.8. The maximum atomic E-state index is 13.1. The van der Waals surface area contributed by atoms with Crippen LogP contribution in [0.5, 0.6) is 5.75 Å². The van der Waals surface area contributed by atoms with Crippen LogP contribution in [0.15, 0.2) is 34.9 Å². The van der Waals surface area contributed by atoms with Crippen molar-refractivity contribution in [2.45, 2.75) is 57.3 Å². The Balaban J connectivity index is 1.85. The van der Waals surface area contributed by atoms with Gasteiger partial charge in [0.25, 0.3) is 0 Å². The van der Waals surface area contributed by atoms with Crippen LogP contribution in [0.2, 0.25) is 0 Å². The van der Waals surface area contributed by atoms with E-state index in [1.807, 2.05) is 6.07 Å². The molecule has 4 rings (SSSR count). The summed E-state index contributed by atoms with van der Waals surface area (Å²) in [5.41, 5.74) is 2.91. The van der Waals surface area contributed by atoms with Crippen LogP contribution in [0.1, 0.15) is 67.9 Å². The van der Waals surface area contributed by atoms with Gasteiger partial charge in [-0.1, -0.05) is 32.9 Å². The standard InChI is InChI=1S/C24H28O5/c1-24(2,3)19-11-14(7-9-27-4)10-17-16-12-15(25)13-18(20-6-5-8-28-20)21(16)23(26)29-22(17)19/h5-6,8,10-11,16,18,21H,7,9,12-13H2,1-4H3/t16-,18+,21+/m0/s1. The molecule has 2 heterocycles. The highest BCUT2D eigenvalue weighted by molar-refractivity contribution is 5.89. The summed E-state index contributed by atoms with van der Waals surface area (Å²) in [6.45, 7) is 6.95. The van der Waals surface area contributed by atoms with E-state index >= 15 is 0 Å². The van der Waals surface area contributed by atoms with Crippen LogP contribution in [-0.4, -0.2) is 25.5 Å². The number of Topliss-reactive ketones (excluding diaryl/α,β-unsaturated/α-hetero) is 1. The molecular formula is C24H28O5. The van der Waals surface area contributed by atoms with Crippen molar-refractivity contribution in [1.29, 1.82) is 0 Å². The van der Waals surface area contributed by atoms with Crippen molar-refractivity contribution in [3.8, 4) is 5.75 Å². The van der Waals surface area contributed by atoms with Crippen molar-refractivity contribution < 1.29 is 23.5 Å². The van der Waals surface area contributed by atoms with Gasteiger partial charge in [-0.15, -0.1) is 0 Å². The van der Waals surface area contributed by atoms with Crippen LogP contribution in [-0.2, 0) is 26.2 Å². The summed E-state index contributed by atoms with van der Waals surface area (Å²) >= 11 is 0. The zero-order valence-electron chi connectivity index (χ0n) is 17.5. The van der Waals surface area contributed by atoms with E-state index in [0.29, 0.717) is 31.0 Å². The number of ether oxygens (including phenoxy) is 2. The van der Waals surface area contributed by atoms with Gasteiger partial charge in [0, 0.05) is 37.4 Å². The lowest BCUT2D eigenvalue weighted by molar-refractivity contribution is -0.144. The minimum Gasteiger partial charge on any atom is -0.469 e. The third-order valence-corrected chi connectivity index (χ3v) is 6.13. The van der Waals surface area contributed by atoms with Crippen molar-refractivity contribution in [3.63, 3.8) is 0 Å². The Labute approximate surface area is 171 Å². The van der Waals surface area contributed by atoms with E-state index in [9.17, 15) is 9.59 Å². The Kier molecular flexibility index (Phi) is 5.11. The van der Waals surface area contributed by atoms with Crippen molar-refractivity contribution in [2.75, 3.05) is 13.7 Å². The van der Waals surface area contributed by atoms with E-state index in [-0.39, 0.29) is 29.0 Å². The Morgan fingerprint density at radius 2 is 1.90 bits per heavy atom. The fourth-order valence-electron chi connectivity index (χ4n) is 4.71. The predicted molar refractivity (Wildman–Crippen MR) is 108 cm³/mol. The molecule has 1 aliphatic heterocycles. The van der Waals surface area contributed by atoms with Gasteiger partial charge in [-0.3, -0.25) is 9.59 Å². The third-order valence-electron chi connectivity index (χ3n) is 6.13. The topological polar surface area (TPSA) is 65.7 Å². The average molecular weight is 396 g/mol. The van der Waals surface area contributed by atoms with E-state index in [0.717, 1.165) is 23.1 Å². The second-order valence-corrected chi connectivity index (χ2v) is 9.18. The van der Waals surface area contributed by atoms with Crippen LogP contribution < -0.4 is 4.74 Å². The lowest BCUT2D eigenvalue weighted by Crippen LogP contribution is -2.41. The second-order valence-electron chi connectivity index (χ2n) is 9.18. The van der Waals surface area contributed by atoms with Gasteiger partial charge in [0.05, 0.1) is 18.8 Å². The first-order chi connectivity index (χ1) is 13.8. The minimum atomic E-state index is -0.406. The van der Waals surface area contributed by atoms with E-state index < -0.39 is 5.92 Å². The van der Waals surface area contributed by atoms with Gasteiger partial charge in [-0.25, -0.2) is 0 Å². The van der Waals surface area contributed by atoms with Crippen LogP contribution in [0.3, 0.4) is 0 Å². The molecule has 1 aliphatic carbocycles. The van der Waals surface area contributed by atoms with Gasteiger partial charge < -0.3 is 13.9 Å².